The summed E-state index contributed by atoms with van der Waals surface area (Å²) in [6.07, 6.45) is 2.53. The van der Waals surface area contributed by atoms with Crippen LogP contribution in [0.4, 0.5) is 11.5 Å². The first kappa shape index (κ1) is 30.7. The number of rotatable bonds is 15. The monoisotopic (exact) mass is 579 g/mol. The van der Waals surface area contributed by atoms with Crippen molar-refractivity contribution in [1.29, 1.82) is 0 Å². The summed E-state index contributed by atoms with van der Waals surface area (Å²) in [5.74, 6) is 0.570. The summed E-state index contributed by atoms with van der Waals surface area (Å²) in [4.78, 5) is 26.8. The van der Waals surface area contributed by atoms with Gasteiger partial charge in [0.1, 0.15) is 17.8 Å². The fraction of sp³-hybridized carbons (Fsp3) is 0.440. The van der Waals surface area contributed by atoms with Gasteiger partial charge in [0.2, 0.25) is 16.3 Å². The van der Waals surface area contributed by atoms with Gasteiger partial charge in [-0.25, -0.2) is 13.4 Å². The van der Waals surface area contributed by atoms with E-state index < -0.39 is 27.1 Å². The number of nitrogens with zero attached hydrogens (tertiary/aromatic N) is 3. The predicted octanol–water partition coefficient (Wildman–Crippen LogP) is 1.49. The Kier molecular flexibility index (Phi) is 11.2. The van der Waals surface area contributed by atoms with Crippen LogP contribution in [0.1, 0.15) is 13.3 Å². The lowest BCUT2D eigenvalue weighted by Gasteiger charge is -2.28. The normalized spacial score (nSPS) is 17.1. The first-order chi connectivity index (χ1) is 19.1. The number of aromatic nitrogens is 1. The Bertz CT molecular complexity index is 1270. The highest BCUT2D eigenvalue weighted by molar-refractivity contribution is 7.89. The maximum atomic E-state index is 13.0. The molecule has 0 bridgehead atoms. The lowest BCUT2D eigenvalue weighted by molar-refractivity contribution is -0.385. The van der Waals surface area contributed by atoms with Crippen LogP contribution < -0.4 is 15.4 Å². The van der Waals surface area contributed by atoms with Gasteiger partial charge in [0.15, 0.2) is 5.76 Å². The molecule has 1 amide bonds. The van der Waals surface area contributed by atoms with Gasteiger partial charge in [0.05, 0.1) is 30.1 Å². The smallest absolute Gasteiger partial charge is 0.287 e. The number of carbonyl (C=O) groups is 1. The summed E-state index contributed by atoms with van der Waals surface area (Å²) in [5.41, 5.74) is -0.119. The summed E-state index contributed by atoms with van der Waals surface area (Å²) in [6.45, 7) is 1.93. The van der Waals surface area contributed by atoms with Gasteiger partial charge in [-0.2, -0.15) is 4.31 Å². The fourth-order valence-electron chi connectivity index (χ4n) is 3.79. The molecular weight excluding hydrogens is 546 g/mol. The van der Waals surface area contributed by atoms with Crippen molar-refractivity contribution in [3.63, 3.8) is 0 Å². The Morgan fingerprint density at radius 2 is 1.98 bits per heavy atom. The average molecular weight is 580 g/mol. The van der Waals surface area contributed by atoms with E-state index in [1.165, 1.54) is 31.4 Å². The van der Waals surface area contributed by atoms with Crippen LogP contribution in [0, 0.1) is 16.0 Å². The van der Waals surface area contributed by atoms with Crippen molar-refractivity contribution in [1.82, 2.24) is 14.6 Å². The number of sulfonamides is 1. The molecular formula is C25H33N5O9S. The van der Waals surface area contributed by atoms with Gasteiger partial charge in [-0.05, 0) is 42.3 Å². The van der Waals surface area contributed by atoms with E-state index in [0.29, 0.717) is 24.5 Å². The van der Waals surface area contributed by atoms with E-state index in [9.17, 15) is 28.4 Å². The molecule has 1 aromatic carbocycles. The highest BCUT2D eigenvalue weighted by atomic mass is 32.2. The van der Waals surface area contributed by atoms with E-state index in [1.54, 1.807) is 18.2 Å². The molecule has 218 valence electrons. The van der Waals surface area contributed by atoms with Crippen LogP contribution in [0.25, 0.3) is 0 Å². The van der Waals surface area contributed by atoms with E-state index in [0.717, 1.165) is 10.5 Å². The minimum Gasteiger partial charge on any atom is -0.497 e. The molecule has 3 N–H and O–H groups in total. The van der Waals surface area contributed by atoms with Crippen molar-refractivity contribution in [3.8, 4) is 5.75 Å². The molecule has 0 saturated heterocycles. The summed E-state index contributed by atoms with van der Waals surface area (Å²) in [7, 11) is -2.40. The number of hydrogen-bond donors (Lipinski definition) is 3. The number of aliphatic hydroxyl groups excluding tert-OH is 1. The quantitative estimate of drug-likeness (QED) is 0.158. The second-order valence-corrected chi connectivity index (χ2v) is 10.7. The summed E-state index contributed by atoms with van der Waals surface area (Å²) >= 11 is 0. The van der Waals surface area contributed by atoms with E-state index >= 15 is 0 Å². The third-order valence-electron chi connectivity index (χ3n) is 5.85. The molecule has 1 aliphatic heterocycles. The maximum Gasteiger partial charge on any atom is 0.287 e. The molecule has 3 rings (SSSR count). The number of nitrogens with one attached hydrogen (secondary N) is 2. The molecule has 2 atom stereocenters. The van der Waals surface area contributed by atoms with Crippen molar-refractivity contribution in [2.45, 2.75) is 24.5 Å². The minimum absolute atomic E-state index is 0.0200. The first-order valence-electron chi connectivity index (χ1n) is 12.5. The van der Waals surface area contributed by atoms with Crippen molar-refractivity contribution in [2.24, 2.45) is 5.92 Å². The molecule has 2 heterocycles. The number of nitro groups is 1. The molecule has 1 aliphatic rings. The van der Waals surface area contributed by atoms with Crippen molar-refractivity contribution in [2.75, 3.05) is 51.8 Å². The summed E-state index contributed by atoms with van der Waals surface area (Å²) in [5, 5.41) is 25.8. The molecule has 0 radical (unpaired) electrons. The Hall–Kier alpha value is -3.79. The number of aliphatic hydroxyl groups is 1. The standard InChI is InChI=1S/C25H33N5O9S/c1-18-15-22(25(32)27-10-9-26-23-8-3-19(17-28-23)30(33)34)39-24(16-18)38-14-12-29(11-13-31)40(35,36)21-6-4-20(37-2)5-7-21/h3-8,15,17-18,24,31H,9-14,16H2,1-2H3,(H,26,28)(H,27,32)/t18-,24+/m1/s1. The molecule has 40 heavy (non-hydrogen) atoms. The Balaban J connectivity index is 1.47. The zero-order valence-corrected chi connectivity index (χ0v) is 23.0. The van der Waals surface area contributed by atoms with E-state index in [2.05, 4.69) is 15.6 Å². The summed E-state index contributed by atoms with van der Waals surface area (Å²) < 4.78 is 43.8. The fourth-order valence-corrected chi connectivity index (χ4v) is 5.20. The SMILES string of the molecule is COc1ccc(S(=O)(=O)N(CCO)CCO[C@@H]2C[C@H](C)C=C(C(=O)NCCNc3ccc([N+](=O)[O-])cn3)O2)cc1. The number of carbonyl (C=O) groups excluding carboxylic acids is 1. The van der Waals surface area contributed by atoms with Crippen LogP contribution in [-0.2, 0) is 24.3 Å². The van der Waals surface area contributed by atoms with Gasteiger partial charge in [0, 0.05) is 38.7 Å². The number of amides is 1. The number of benzene rings is 1. The van der Waals surface area contributed by atoms with Gasteiger partial charge in [-0.3, -0.25) is 14.9 Å². The largest absolute Gasteiger partial charge is 0.497 e. The second-order valence-electron chi connectivity index (χ2n) is 8.81. The summed E-state index contributed by atoms with van der Waals surface area (Å²) in [6, 6.07) is 8.74. The average Bonchev–Trinajstić information content (AvgIpc) is 2.94. The molecule has 14 nitrogen and oxygen atoms in total. The van der Waals surface area contributed by atoms with Crippen LogP contribution in [0.5, 0.6) is 5.75 Å². The van der Waals surface area contributed by atoms with Crippen LogP contribution >= 0.6 is 0 Å². The highest BCUT2D eigenvalue weighted by Crippen LogP contribution is 2.24. The number of pyridine rings is 1. The predicted molar refractivity (Wildman–Crippen MR) is 144 cm³/mol. The maximum absolute atomic E-state index is 13.0. The van der Waals surface area contributed by atoms with Gasteiger partial charge in [-0.1, -0.05) is 6.92 Å². The molecule has 0 fully saturated rings. The third kappa shape index (κ3) is 8.61. The number of ether oxygens (including phenoxy) is 3. The lowest BCUT2D eigenvalue weighted by atomic mass is 10.0. The van der Waals surface area contributed by atoms with Gasteiger partial charge >= 0.3 is 0 Å². The van der Waals surface area contributed by atoms with Crippen LogP contribution in [-0.4, -0.2) is 86.4 Å². The second kappa shape index (κ2) is 14.6. The molecule has 0 aliphatic carbocycles. The minimum atomic E-state index is -3.88. The molecule has 0 saturated carbocycles. The third-order valence-corrected chi connectivity index (χ3v) is 7.76. The van der Waals surface area contributed by atoms with Crippen LogP contribution in [0.3, 0.4) is 0 Å². The van der Waals surface area contributed by atoms with E-state index in [4.69, 9.17) is 14.2 Å². The van der Waals surface area contributed by atoms with Gasteiger partial charge in [-0.15, -0.1) is 0 Å². The Labute approximate surface area is 232 Å². The zero-order valence-electron chi connectivity index (χ0n) is 22.2. The van der Waals surface area contributed by atoms with Gasteiger partial charge < -0.3 is 30.0 Å². The molecule has 1 aromatic heterocycles. The first-order valence-corrected chi connectivity index (χ1v) is 14.0. The van der Waals surface area contributed by atoms with Crippen LogP contribution in [0.15, 0.2) is 59.3 Å². The molecule has 0 spiro atoms. The number of hydrogen-bond acceptors (Lipinski definition) is 11. The Morgan fingerprint density at radius 1 is 1.23 bits per heavy atom. The molecule has 2 aromatic rings. The number of allylic oxidation sites excluding steroid dienone is 1. The highest BCUT2D eigenvalue weighted by Gasteiger charge is 2.28. The zero-order chi connectivity index (χ0) is 29.1. The lowest BCUT2D eigenvalue weighted by Crippen LogP contribution is -2.38. The van der Waals surface area contributed by atoms with E-state index in [-0.39, 0.29) is 55.1 Å². The molecule has 0 unspecified atom stereocenters. The van der Waals surface area contributed by atoms with Crippen molar-refractivity contribution >= 4 is 27.4 Å². The number of anilines is 1. The Morgan fingerprint density at radius 3 is 2.60 bits per heavy atom. The molecule has 15 heteroatoms. The van der Waals surface area contributed by atoms with Crippen molar-refractivity contribution < 1.29 is 37.5 Å². The number of methoxy groups -OCH3 is 1. The van der Waals surface area contributed by atoms with Gasteiger partial charge in [0.25, 0.3) is 11.6 Å². The topological polar surface area (TPSA) is 182 Å². The van der Waals surface area contributed by atoms with Crippen molar-refractivity contribution in [3.05, 3.63) is 64.5 Å². The van der Waals surface area contributed by atoms with E-state index in [1.807, 2.05) is 6.92 Å². The van der Waals surface area contributed by atoms with Crippen LogP contribution in [0.2, 0.25) is 0 Å².